The largest absolute Gasteiger partial charge is 0.496 e. The number of nitrogens with zero attached hydrogens (tertiary/aromatic N) is 3. The molecule has 1 atom stereocenters. The van der Waals surface area contributed by atoms with Crippen LogP contribution in [0.3, 0.4) is 0 Å². The van der Waals surface area contributed by atoms with E-state index in [-0.39, 0.29) is 17.7 Å². The molecule has 1 aromatic heterocycles. The van der Waals surface area contributed by atoms with Crippen LogP contribution >= 0.6 is 0 Å². The van der Waals surface area contributed by atoms with E-state index >= 15 is 0 Å². The molecule has 1 aliphatic heterocycles. The van der Waals surface area contributed by atoms with Crippen molar-refractivity contribution in [2.24, 2.45) is 5.92 Å². The summed E-state index contributed by atoms with van der Waals surface area (Å²) in [6.45, 7) is 5.85. The van der Waals surface area contributed by atoms with Gasteiger partial charge in [-0.3, -0.25) is 14.7 Å². The van der Waals surface area contributed by atoms with E-state index in [4.69, 9.17) is 4.74 Å². The predicted molar refractivity (Wildman–Crippen MR) is 127 cm³/mol. The summed E-state index contributed by atoms with van der Waals surface area (Å²) < 4.78 is 5.58. The maximum atomic E-state index is 13.4. The minimum atomic E-state index is -0.334. The number of rotatable bonds is 6. The molecular formula is C26H30N4O3. The highest BCUT2D eigenvalue weighted by Gasteiger charge is 2.33. The third-order valence-electron chi connectivity index (χ3n) is 6.35. The van der Waals surface area contributed by atoms with Crippen molar-refractivity contribution >= 4 is 11.8 Å². The Morgan fingerprint density at radius 3 is 2.55 bits per heavy atom. The van der Waals surface area contributed by atoms with Crippen LogP contribution in [0.5, 0.6) is 5.75 Å². The van der Waals surface area contributed by atoms with Crippen molar-refractivity contribution in [3.63, 3.8) is 0 Å². The number of nitrogens with one attached hydrogen (secondary N) is 1. The minimum Gasteiger partial charge on any atom is -0.496 e. The van der Waals surface area contributed by atoms with E-state index in [9.17, 15) is 9.59 Å². The molecule has 1 aliphatic rings. The molecular weight excluding hydrogens is 416 g/mol. The molecule has 172 valence electrons. The SMILES string of the molecule is CCN1CCN(C(=O)c2cn[nH]c2C)CC(Cc2ccccc2-c2ccccc2OC)C1=O. The summed E-state index contributed by atoms with van der Waals surface area (Å²) in [7, 11) is 1.66. The summed E-state index contributed by atoms with van der Waals surface area (Å²) >= 11 is 0. The number of methoxy groups -OCH3 is 1. The lowest BCUT2D eigenvalue weighted by atomic mass is 9.91. The number of H-pyrrole nitrogens is 1. The summed E-state index contributed by atoms with van der Waals surface area (Å²) in [5, 5.41) is 6.83. The third kappa shape index (κ3) is 4.62. The van der Waals surface area contributed by atoms with Gasteiger partial charge in [0.1, 0.15) is 5.75 Å². The van der Waals surface area contributed by atoms with E-state index in [1.807, 2.05) is 55.1 Å². The van der Waals surface area contributed by atoms with Crippen LogP contribution < -0.4 is 4.74 Å². The maximum absolute atomic E-state index is 13.4. The van der Waals surface area contributed by atoms with Gasteiger partial charge < -0.3 is 14.5 Å². The molecule has 3 aromatic rings. The van der Waals surface area contributed by atoms with Gasteiger partial charge in [-0.15, -0.1) is 0 Å². The number of carbonyl (C=O) groups excluding carboxylic acids is 2. The molecule has 0 radical (unpaired) electrons. The highest BCUT2D eigenvalue weighted by molar-refractivity contribution is 5.95. The van der Waals surface area contributed by atoms with Crippen molar-refractivity contribution in [2.75, 3.05) is 33.3 Å². The summed E-state index contributed by atoms with van der Waals surface area (Å²) in [6.07, 6.45) is 2.10. The lowest BCUT2D eigenvalue weighted by molar-refractivity contribution is -0.134. The molecule has 2 heterocycles. The normalized spacial score (nSPS) is 16.6. The van der Waals surface area contributed by atoms with Gasteiger partial charge in [-0.2, -0.15) is 5.10 Å². The number of aryl methyl sites for hydroxylation is 1. The van der Waals surface area contributed by atoms with E-state index in [1.54, 1.807) is 18.2 Å². The first-order valence-corrected chi connectivity index (χ1v) is 11.3. The quantitative estimate of drug-likeness (QED) is 0.628. The topological polar surface area (TPSA) is 78.5 Å². The molecule has 0 spiro atoms. The van der Waals surface area contributed by atoms with Gasteiger partial charge in [-0.05, 0) is 37.5 Å². The number of amides is 2. The van der Waals surface area contributed by atoms with Crippen molar-refractivity contribution in [3.8, 4) is 16.9 Å². The van der Waals surface area contributed by atoms with Gasteiger partial charge in [0.05, 0.1) is 24.8 Å². The molecule has 1 N–H and O–H groups in total. The average molecular weight is 447 g/mol. The summed E-state index contributed by atoms with van der Waals surface area (Å²) in [5.41, 5.74) is 4.39. The highest BCUT2D eigenvalue weighted by Crippen LogP contribution is 2.33. The molecule has 7 nitrogen and oxygen atoms in total. The number of aromatic amines is 1. The van der Waals surface area contributed by atoms with Gasteiger partial charge in [-0.1, -0.05) is 42.5 Å². The average Bonchev–Trinajstić information content (AvgIpc) is 3.21. The Morgan fingerprint density at radius 1 is 1.12 bits per heavy atom. The molecule has 33 heavy (non-hydrogen) atoms. The van der Waals surface area contributed by atoms with E-state index < -0.39 is 0 Å². The number of hydrogen-bond acceptors (Lipinski definition) is 4. The molecule has 0 saturated carbocycles. The zero-order valence-electron chi connectivity index (χ0n) is 19.4. The van der Waals surface area contributed by atoms with Gasteiger partial charge in [0.15, 0.2) is 0 Å². The Hall–Kier alpha value is -3.61. The molecule has 7 heteroatoms. The number of likely N-dealkylation sites (N-methyl/N-ethyl adjacent to an activating group) is 1. The zero-order chi connectivity index (χ0) is 23.4. The van der Waals surface area contributed by atoms with Crippen LogP contribution in [0.2, 0.25) is 0 Å². The first-order valence-electron chi connectivity index (χ1n) is 11.3. The smallest absolute Gasteiger partial charge is 0.257 e. The molecule has 1 unspecified atom stereocenters. The minimum absolute atomic E-state index is 0.0879. The van der Waals surface area contributed by atoms with Crippen LogP contribution in [0, 0.1) is 12.8 Å². The Bertz CT molecular complexity index is 1140. The Balaban J connectivity index is 1.66. The second kappa shape index (κ2) is 9.90. The second-order valence-corrected chi connectivity index (χ2v) is 8.34. The summed E-state index contributed by atoms with van der Waals surface area (Å²) in [4.78, 5) is 30.3. The van der Waals surface area contributed by atoms with Crippen LogP contribution in [0.4, 0.5) is 0 Å². The summed E-state index contributed by atoms with van der Waals surface area (Å²) in [5.74, 6) is 0.459. The number of hydrogen-bond donors (Lipinski definition) is 1. The van der Waals surface area contributed by atoms with E-state index in [0.717, 1.165) is 28.1 Å². The number of para-hydroxylation sites is 1. The first-order chi connectivity index (χ1) is 16.0. The van der Waals surface area contributed by atoms with Crippen LogP contribution in [-0.2, 0) is 11.2 Å². The lowest BCUT2D eigenvalue weighted by Gasteiger charge is -2.24. The highest BCUT2D eigenvalue weighted by atomic mass is 16.5. The van der Waals surface area contributed by atoms with Crippen molar-refractivity contribution < 1.29 is 14.3 Å². The summed E-state index contributed by atoms with van der Waals surface area (Å²) in [6, 6.07) is 16.0. The Kier molecular flexibility index (Phi) is 6.77. The van der Waals surface area contributed by atoms with Crippen LogP contribution in [0.15, 0.2) is 54.7 Å². The van der Waals surface area contributed by atoms with Crippen molar-refractivity contribution in [2.45, 2.75) is 20.3 Å². The van der Waals surface area contributed by atoms with E-state index in [1.165, 1.54) is 0 Å². The van der Waals surface area contributed by atoms with Crippen molar-refractivity contribution in [1.82, 2.24) is 20.0 Å². The van der Waals surface area contributed by atoms with E-state index in [0.29, 0.717) is 38.2 Å². The molecule has 0 bridgehead atoms. The Labute approximate surface area is 194 Å². The first kappa shape index (κ1) is 22.6. The zero-order valence-corrected chi connectivity index (χ0v) is 19.4. The van der Waals surface area contributed by atoms with Gasteiger partial charge in [0, 0.05) is 37.4 Å². The molecule has 1 fully saturated rings. The third-order valence-corrected chi connectivity index (χ3v) is 6.35. The van der Waals surface area contributed by atoms with Gasteiger partial charge in [0.2, 0.25) is 5.91 Å². The Morgan fingerprint density at radius 2 is 1.85 bits per heavy atom. The molecule has 2 amide bonds. The monoisotopic (exact) mass is 446 g/mol. The molecule has 1 saturated heterocycles. The number of benzene rings is 2. The fourth-order valence-corrected chi connectivity index (χ4v) is 4.53. The number of ether oxygens (including phenoxy) is 1. The number of carbonyl (C=O) groups is 2. The maximum Gasteiger partial charge on any atom is 0.257 e. The van der Waals surface area contributed by atoms with Gasteiger partial charge in [-0.25, -0.2) is 0 Å². The fraction of sp³-hybridized carbons (Fsp3) is 0.346. The van der Waals surface area contributed by atoms with Crippen molar-refractivity contribution in [1.29, 1.82) is 0 Å². The lowest BCUT2D eigenvalue weighted by Crippen LogP contribution is -2.38. The predicted octanol–water partition coefficient (Wildman–Crippen LogP) is 3.56. The van der Waals surface area contributed by atoms with Crippen LogP contribution in [0.1, 0.15) is 28.5 Å². The second-order valence-electron chi connectivity index (χ2n) is 8.34. The molecule has 4 rings (SSSR count). The number of aromatic nitrogens is 2. The van der Waals surface area contributed by atoms with Crippen LogP contribution in [0.25, 0.3) is 11.1 Å². The van der Waals surface area contributed by atoms with Crippen LogP contribution in [-0.4, -0.2) is 65.1 Å². The molecule has 0 aliphatic carbocycles. The van der Waals surface area contributed by atoms with Crippen molar-refractivity contribution in [3.05, 3.63) is 71.5 Å². The molecule has 2 aromatic carbocycles. The van der Waals surface area contributed by atoms with E-state index in [2.05, 4.69) is 22.3 Å². The van der Waals surface area contributed by atoms with Gasteiger partial charge >= 0.3 is 0 Å². The standard InChI is InChI=1S/C26H30N4O3/c1-4-29-13-14-30(26(32)23-16-27-28-18(23)2)17-20(25(29)31)15-19-9-5-6-10-21(19)22-11-7-8-12-24(22)33-3/h5-12,16,20H,4,13-15,17H2,1-3H3,(H,27,28). The fourth-order valence-electron chi connectivity index (χ4n) is 4.53. The van der Waals surface area contributed by atoms with Gasteiger partial charge in [0.25, 0.3) is 5.91 Å².